The van der Waals surface area contributed by atoms with Crippen LogP contribution in [-0.2, 0) is 0 Å². The van der Waals surface area contributed by atoms with Crippen molar-refractivity contribution < 1.29 is 0 Å². The quantitative estimate of drug-likeness (QED) is 0.148. The molecule has 10 aromatic carbocycles. The summed E-state index contributed by atoms with van der Waals surface area (Å²) in [6.45, 7) is -0.563. The van der Waals surface area contributed by atoms with Crippen LogP contribution in [0.25, 0.3) is 33.4 Å². The number of hydrogen-bond donors (Lipinski definition) is 0. The summed E-state index contributed by atoms with van der Waals surface area (Å²) in [4.78, 5) is 13.0. The first-order valence-electron chi connectivity index (χ1n) is 23.2. The summed E-state index contributed by atoms with van der Waals surface area (Å²) in [5, 5.41) is 0. The molecule has 0 fully saturated rings. The molecule has 0 unspecified atom stereocenters. The summed E-state index contributed by atoms with van der Waals surface area (Å²) in [6.07, 6.45) is 0. The number of para-hydroxylation sites is 8. The molecule has 7 heteroatoms. The van der Waals surface area contributed by atoms with Crippen LogP contribution >= 0.6 is 0 Å². The van der Waals surface area contributed by atoms with E-state index in [-0.39, 0.29) is 14.0 Å². The smallest absolute Gasteiger partial charge is 0.361 e. The predicted octanol–water partition coefficient (Wildman–Crippen LogP) is 14.2. The van der Waals surface area contributed by atoms with E-state index in [0.29, 0.717) is 0 Å². The molecular formula is C60H41B2N5. The number of rotatable bonds is 7. The molecule has 14 rings (SSSR count). The van der Waals surface area contributed by atoms with Crippen LogP contribution in [0.2, 0.25) is 0 Å². The van der Waals surface area contributed by atoms with Gasteiger partial charge in [0.1, 0.15) is 0 Å². The standard InChI is InChI=1S/C60H41B2N5/c1-7-24-42(25-8-1)63(43-26-9-2-10-27-43)60-54-48-36-19-21-38-50(48)64(44-28-11-3-12-29-44)61-58(54)57-56-52(66(61)46-32-15-5-16-33-46)40-23-41-53(56)67(47-34-17-6-18-35-47)62-59(57)55(60)49-37-20-22-39-51(49)65(62)45-30-13-4-14-31-45/h1-41H. The minimum absolute atomic E-state index is 0.281. The summed E-state index contributed by atoms with van der Waals surface area (Å²) in [5.41, 5.74) is 22.6. The molecule has 0 bridgehead atoms. The van der Waals surface area contributed by atoms with Gasteiger partial charge >= 0.3 is 14.0 Å². The first-order chi connectivity index (χ1) is 33.3. The maximum Gasteiger partial charge on any atom is 0.422 e. The van der Waals surface area contributed by atoms with Crippen molar-refractivity contribution >= 4 is 87.5 Å². The molecule has 10 aromatic rings. The van der Waals surface area contributed by atoms with Gasteiger partial charge in [0.2, 0.25) is 0 Å². The highest BCUT2D eigenvalue weighted by atomic mass is 15.3. The molecule has 5 nitrogen and oxygen atoms in total. The Bertz CT molecular complexity index is 3280. The van der Waals surface area contributed by atoms with Crippen LogP contribution in [0.15, 0.2) is 249 Å². The lowest BCUT2D eigenvalue weighted by Crippen LogP contribution is -2.68. The molecule has 312 valence electrons. The van der Waals surface area contributed by atoms with Gasteiger partial charge in [-0.2, -0.15) is 0 Å². The van der Waals surface area contributed by atoms with Gasteiger partial charge in [-0.25, -0.2) is 0 Å². The van der Waals surface area contributed by atoms with Gasteiger partial charge < -0.3 is 24.1 Å². The molecule has 0 N–H and O–H groups in total. The van der Waals surface area contributed by atoms with E-state index in [0.717, 1.165) is 45.5 Å². The summed E-state index contributed by atoms with van der Waals surface area (Å²) in [6, 6.07) is 91.3. The Hall–Kier alpha value is -8.67. The molecule has 0 amide bonds. The first kappa shape index (κ1) is 37.7. The molecule has 0 saturated heterocycles. The van der Waals surface area contributed by atoms with E-state index in [2.05, 4.69) is 273 Å². The number of nitrogens with zero attached hydrogens (tertiary/aromatic N) is 5. The predicted molar refractivity (Wildman–Crippen MR) is 283 cm³/mol. The van der Waals surface area contributed by atoms with Crippen molar-refractivity contribution in [3.8, 4) is 33.4 Å². The molecule has 0 spiro atoms. The zero-order chi connectivity index (χ0) is 44.0. The van der Waals surface area contributed by atoms with Gasteiger partial charge in [-0.3, -0.25) is 0 Å². The Morgan fingerprint density at radius 3 is 0.925 bits per heavy atom. The molecule has 4 aliphatic heterocycles. The van der Waals surface area contributed by atoms with Crippen molar-refractivity contribution in [3.05, 3.63) is 249 Å². The van der Waals surface area contributed by atoms with Crippen LogP contribution < -0.4 is 35.1 Å². The number of benzene rings is 10. The van der Waals surface area contributed by atoms with Crippen molar-refractivity contribution in [1.29, 1.82) is 0 Å². The molecular weight excluding hydrogens is 812 g/mol. The fourth-order valence-electron chi connectivity index (χ4n) is 11.6. The Morgan fingerprint density at radius 1 is 0.254 bits per heavy atom. The van der Waals surface area contributed by atoms with Crippen LogP contribution in [0.1, 0.15) is 0 Å². The van der Waals surface area contributed by atoms with E-state index in [1.807, 2.05) is 0 Å². The molecule has 0 radical (unpaired) electrons. The van der Waals surface area contributed by atoms with Crippen LogP contribution in [0, 0.1) is 0 Å². The third kappa shape index (κ3) is 5.46. The van der Waals surface area contributed by atoms with Crippen molar-refractivity contribution in [1.82, 2.24) is 0 Å². The van der Waals surface area contributed by atoms with Gasteiger partial charge in [-0.05, 0) is 114 Å². The second kappa shape index (κ2) is 14.9. The van der Waals surface area contributed by atoms with Crippen molar-refractivity contribution in [2.75, 3.05) is 24.1 Å². The van der Waals surface area contributed by atoms with Gasteiger partial charge in [0.25, 0.3) is 0 Å². The van der Waals surface area contributed by atoms with E-state index < -0.39 is 0 Å². The maximum absolute atomic E-state index is 2.62. The van der Waals surface area contributed by atoms with E-state index in [1.165, 1.54) is 61.4 Å². The summed E-state index contributed by atoms with van der Waals surface area (Å²) < 4.78 is 0. The highest BCUT2D eigenvalue weighted by molar-refractivity contribution is 6.92. The molecule has 4 aliphatic rings. The number of anilines is 11. The van der Waals surface area contributed by atoms with Crippen molar-refractivity contribution in [2.45, 2.75) is 0 Å². The van der Waals surface area contributed by atoms with Gasteiger partial charge in [0, 0.05) is 84.7 Å². The lowest BCUT2D eigenvalue weighted by Gasteiger charge is -2.55. The zero-order valence-electron chi connectivity index (χ0n) is 36.6. The van der Waals surface area contributed by atoms with Crippen molar-refractivity contribution in [3.63, 3.8) is 0 Å². The third-order valence-corrected chi connectivity index (χ3v) is 14.1. The zero-order valence-corrected chi connectivity index (χ0v) is 36.6. The molecule has 4 heterocycles. The second-order valence-corrected chi connectivity index (χ2v) is 17.6. The summed E-state index contributed by atoms with van der Waals surface area (Å²) in [5.74, 6) is 0. The van der Waals surface area contributed by atoms with E-state index in [1.54, 1.807) is 0 Å². The van der Waals surface area contributed by atoms with Gasteiger partial charge in [-0.1, -0.05) is 152 Å². The van der Waals surface area contributed by atoms with Crippen LogP contribution in [-0.4, -0.2) is 14.0 Å². The topological polar surface area (TPSA) is 16.2 Å². The molecule has 0 aliphatic carbocycles. The third-order valence-electron chi connectivity index (χ3n) is 14.1. The largest absolute Gasteiger partial charge is 0.422 e. The Kier molecular flexibility index (Phi) is 8.40. The normalized spacial score (nSPS) is 13.5. The summed E-state index contributed by atoms with van der Waals surface area (Å²) in [7, 11) is 0. The Labute approximate surface area is 391 Å². The van der Waals surface area contributed by atoms with Crippen LogP contribution in [0.5, 0.6) is 0 Å². The van der Waals surface area contributed by atoms with Gasteiger partial charge in [0.05, 0.1) is 5.69 Å². The van der Waals surface area contributed by atoms with E-state index in [9.17, 15) is 0 Å². The highest BCUT2D eigenvalue weighted by Gasteiger charge is 2.57. The average molecular weight is 854 g/mol. The first-order valence-corrected chi connectivity index (χ1v) is 23.2. The fraction of sp³-hybridized carbons (Fsp3) is 0. The molecule has 67 heavy (non-hydrogen) atoms. The second-order valence-electron chi connectivity index (χ2n) is 17.6. The molecule has 0 saturated carbocycles. The van der Waals surface area contributed by atoms with E-state index in [4.69, 9.17) is 0 Å². The minimum atomic E-state index is -0.281. The van der Waals surface area contributed by atoms with E-state index >= 15 is 0 Å². The summed E-state index contributed by atoms with van der Waals surface area (Å²) >= 11 is 0. The number of hydrogen-bond acceptors (Lipinski definition) is 5. The van der Waals surface area contributed by atoms with Crippen molar-refractivity contribution in [2.24, 2.45) is 0 Å². The molecule has 0 aromatic heterocycles. The van der Waals surface area contributed by atoms with Gasteiger partial charge in [0.15, 0.2) is 0 Å². The lowest BCUT2D eigenvalue weighted by atomic mass is 9.45. The molecule has 0 atom stereocenters. The lowest BCUT2D eigenvalue weighted by molar-refractivity contribution is 1.22. The van der Waals surface area contributed by atoms with Crippen LogP contribution in [0.4, 0.5) is 62.6 Å². The minimum Gasteiger partial charge on any atom is -0.361 e. The highest BCUT2D eigenvalue weighted by Crippen LogP contribution is 2.60. The number of fused-ring (bicyclic) bond motifs is 4. The Morgan fingerprint density at radius 2 is 0.552 bits per heavy atom. The van der Waals surface area contributed by atoms with Crippen LogP contribution in [0.3, 0.4) is 0 Å². The van der Waals surface area contributed by atoms with Gasteiger partial charge in [-0.15, -0.1) is 0 Å². The average Bonchev–Trinajstić information content (AvgIpc) is 3.40. The Balaban J connectivity index is 1.25. The maximum atomic E-state index is 2.62. The fourth-order valence-corrected chi connectivity index (χ4v) is 11.6. The SMILES string of the molecule is c1ccc(N2B3c4c5c6c(c(N(c7ccccc7)c7ccccc7)c4-c4ccccc42)-c2ccccc2N(c2ccccc2)B6N(c2ccccc2)c2cccc(c2-5)N3c2ccccc2)cc1. The monoisotopic (exact) mass is 853 g/mol.